The molecule has 1 fully saturated rings. The van der Waals surface area contributed by atoms with Gasteiger partial charge in [-0.1, -0.05) is 12.1 Å². The molecule has 0 spiro atoms. The average molecular weight is 379 g/mol. The fourth-order valence-corrected chi connectivity index (χ4v) is 2.98. The first-order chi connectivity index (χ1) is 12.7. The van der Waals surface area contributed by atoms with Gasteiger partial charge in [-0.2, -0.15) is 18.2 Å². The second-order valence-electron chi connectivity index (χ2n) is 6.35. The molecule has 0 unspecified atom stereocenters. The van der Waals surface area contributed by atoms with Crippen molar-refractivity contribution in [3.63, 3.8) is 0 Å². The average Bonchev–Trinajstić information content (AvgIpc) is 2.61. The highest BCUT2D eigenvalue weighted by Crippen LogP contribution is 2.35. The number of nitrogens with zero attached hydrogens (tertiary/aromatic N) is 4. The minimum Gasteiger partial charge on any atom is -0.353 e. The molecule has 1 amide bonds. The zero-order chi connectivity index (χ0) is 19.6. The molecular formula is C18H20F3N5O. The zero-order valence-electron chi connectivity index (χ0n) is 15.0. The highest BCUT2D eigenvalue weighted by molar-refractivity contribution is 5.73. The van der Waals surface area contributed by atoms with E-state index in [1.54, 1.807) is 17.9 Å². The molecular weight excluding hydrogens is 359 g/mol. The second-order valence-corrected chi connectivity index (χ2v) is 6.35. The summed E-state index contributed by atoms with van der Waals surface area (Å²) in [6.07, 6.45) is -4.47. The Balaban J connectivity index is 1.82. The van der Waals surface area contributed by atoms with E-state index < -0.39 is 11.7 Å². The summed E-state index contributed by atoms with van der Waals surface area (Å²) in [4.78, 5) is 23.8. The maximum atomic E-state index is 13.2. The van der Waals surface area contributed by atoms with Crippen LogP contribution in [0.4, 0.5) is 30.6 Å². The van der Waals surface area contributed by atoms with Crippen LogP contribution in [-0.4, -0.2) is 47.0 Å². The number of alkyl halides is 3. The fraction of sp³-hybridized carbons (Fsp3) is 0.389. The van der Waals surface area contributed by atoms with E-state index in [4.69, 9.17) is 0 Å². The molecule has 27 heavy (non-hydrogen) atoms. The van der Waals surface area contributed by atoms with Gasteiger partial charge in [0, 0.05) is 44.9 Å². The Bertz CT molecular complexity index is 832. The summed E-state index contributed by atoms with van der Waals surface area (Å²) < 4.78 is 39.5. The molecule has 0 atom stereocenters. The summed E-state index contributed by atoms with van der Waals surface area (Å²) >= 11 is 0. The molecule has 1 saturated heterocycles. The van der Waals surface area contributed by atoms with Gasteiger partial charge in [-0.15, -0.1) is 0 Å². The molecule has 6 nitrogen and oxygen atoms in total. The first-order valence-corrected chi connectivity index (χ1v) is 8.53. The lowest BCUT2D eigenvalue weighted by Crippen LogP contribution is -2.48. The minimum atomic E-state index is -4.47. The maximum Gasteiger partial charge on any atom is 0.418 e. The Hall–Kier alpha value is -2.84. The molecule has 2 heterocycles. The molecule has 0 aliphatic carbocycles. The first-order valence-electron chi connectivity index (χ1n) is 8.53. The van der Waals surface area contributed by atoms with Gasteiger partial charge in [0.15, 0.2) is 0 Å². The van der Waals surface area contributed by atoms with Crippen molar-refractivity contribution in [2.75, 3.05) is 36.4 Å². The van der Waals surface area contributed by atoms with Gasteiger partial charge in [-0.25, -0.2) is 4.98 Å². The van der Waals surface area contributed by atoms with Crippen LogP contribution in [0.15, 0.2) is 30.3 Å². The van der Waals surface area contributed by atoms with Crippen molar-refractivity contribution in [1.29, 1.82) is 0 Å². The van der Waals surface area contributed by atoms with Crippen LogP contribution >= 0.6 is 0 Å². The van der Waals surface area contributed by atoms with Crippen molar-refractivity contribution >= 4 is 23.4 Å². The van der Waals surface area contributed by atoms with Crippen LogP contribution in [0.25, 0.3) is 0 Å². The van der Waals surface area contributed by atoms with E-state index in [0.29, 0.717) is 37.7 Å². The molecule has 1 aliphatic rings. The van der Waals surface area contributed by atoms with Gasteiger partial charge in [0.05, 0.1) is 11.3 Å². The molecule has 144 valence electrons. The number of hydrogen-bond acceptors (Lipinski definition) is 5. The number of anilines is 3. The number of benzene rings is 1. The fourth-order valence-electron chi connectivity index (χ4n) is 2.98. The lowest BCUT2D eigenvalue weighted by molar-refractivity contribution is -0.137. The highest BCUT2D eigenvalue weighted by Gasteiger charge is 2.33. The van der Waals surface area contributed by atoms with Crippen molar-refractivity contribution in [2.24, 2.45) is 0 Å². The predicted octanol–water partition coefficient (Wildman–Crippen LogP) is 3.22. The molecule has 1 aromatic heterocycles. The molecule has 0 radical (unpaired) electrons. The number of carbonyl (C=O) groups excluding carboxylic acids is 1. The number of hydrogen-bond donors (Lipinski definition) is 1. The number of para-hydroxylation sites is 1. The molecule has 0 bridgehead atoms. The third kappa shape index (κ3) is 4.47. The Morgan fingerprint density at radius 3 is 2.41 bits per heavy atom. The van der Waals surface area contributed by atoms with Gasteiger partial charge in [0.1, 0.15) is 5.82 Å². The van der Waals surface area contributed by atoms with Crippen molar-refractivity contribution in [2.45, 2.75) is 20.0 Å². The number of rotatable bonds is 3. The largest absolute Gasteiger partial charge is 0.418 e. The van der Waals surface area contributed by atoms with Gasteiger partial charge in [0.2, 0.25) is 11.9 Å². The predicted molar refractivity (Wildman–Crippen MR) is 96.0 cm³/mol. The normalized spacial score (nSPS) is 15.0. The summed E-state index contributed by atoms with van der Waals surface area (Å²) in [5.74, 6) is 0.757. The Labute approximate surface area is 155 Å². The van der Waals surface area contributed by atoms with Crippen LogP contribution in [0.3, 0.4) is 0 Å². The van der Waals surface area contributed by atoms with Gasteiger partial charge in [-0.3, -0.25) is 4.79 Å². The quantitative estimate of drug-likeness (QED) is 0.887. The molecule has 1 aromatic carbocycles. The van der Waals surface area contributed by atoms with Crippen molar-refractivity contribution < 1.29 is 18.0 Å². The van der Waals surface area contributed by atoms with Crippen LogP contribution in [0.5, 0.6) is 0 Å². The third-order valence-corrected chi connectivity index (χ3v) is 4.37. The first kappa shape index (κ1) is 18.9. The van der Waals surface area contributed by atoms with Gasteiger partial charge < -0.3 is 15.1 Å². The van der Waals surface area contributed by atoms with E-state index in [1.807, 2.05) is 4.90 Å². The maximum absolute atomic E-state index is 13.2. The molecule has 2 aromatic rings. The summed E-state index contributed by atoms with van der Waals surface area (Å²) in [5, 5.41) is 2.69. The third-order valence-electron chi connectivity index (χ3n) is 4.37. The summed E-state index contributed by atoms with van der Waals surface area (Å²) in [6.45, 7) is 5.67. The SMILES string of the molecule is CC(=O)N1CCN(c2cc(C)nc(Nc3ccccc3C(F)(F)F)n2)CC1. The van der Waals surface area contributed by atoms with Crippen LogP contribution < -0.4 is 10.2 Å². The van der Waals surface area contributed by atoms with Crippen LogP contribution in [-0.2, 0) is 11.0 Å². The van der Waals surface area contributed by atoms with Crippen LogP contribution in [0.2, 0.25) is 0 Å². The number of aryl methyl sites for hydroxylation is 1. The van der Waals surface area contributed by atoms with E-state index in [0.717, 1.165) is 6.07 Å². The molecule has 9 heteroatoms. The molecule has 3 rings (SSSR count). The van der Waals surface area contributed by atoms with Crippen LogP contribution in [0.1, 0.15) is 18.2 Å². The standard InChI is InChI=1S/C18H20F3N5O/c1-12-11-16(26-9-7-25(8-10-26)13(2)27)24-17(22-12)23-15-6-4-3-5-14(15)18(19,20)21/h3-6,11H,7-10H2,1-2H3,(H,22,23,24). The minimum absolute atomic E-state index is 0.0274. The van der Waals surface area contributed by atoms with E-state index in [9.17, 15) is 18.0 Å². The van der Waals surface area contributed by atoms with Crippen molar-refractivity contribution in [3.05, 3.63) is 41.6 Å². The summed E-state index contributed by atoms with van der Waals surface area (Å²) in [7, 11) is 0. The highest BCUT2D eigenvalue weighted by atomic mass is 19.4. The zero-order valence-corrected chi connectivity index (χ0v) is 15.0. The van der Waals surface area contributed by atoms with Crippen molar-refractivity contribution in [1.82, 2.24) is 14.9 Å². The van der Waals surface area contributed by atoms with E-state index >= 15 is 0 Å². The number of carbonyl (C=O) groups is 1. The van der Waals surface area contributed by atoms with Gasteiger partial charge >= 0.3 is 6.18 Å². The monoisotopic (exact) mass is 379 g/mol. The molecule has 1 N–H and O–H groups in total. The number of aromatic nitrogens is 2. The number of piperazine rings is 1. The van der Waals surface area contributed by atoms with E-state index in [-0.39, 0.29) is 17.5 Å². The topological polar surface area (TPSA) is 61.4 Å². The number of nitrogens with one attached hydrogen (secondary N) is 1. The number of amides is 1. The smallest absolute Gasteiger partial charge is 0.353 e. The lowest BCUT2D eigenvalue weighted by atomic mass is 10.1. The lowest BCUT2D eigenvalue weighted by Gasteiger charge is -2.35. The Morgan fingerprint density at radius 2 is 1.78 bits per heavy atom. The molecule has 1 aliphatic heterocycles. The van der Waals surface area contributed by atoms with Crippen molar-refractivity contribution in [3.8, 4) is 0 Å². The second kappa shape index (κ2) is 7.42. The van der Waals surface area contributed by atoms with Gasteiger partial charge in [-0.05, 0) is 19.1 Å². The Kier molecular flexibility index (Phi) is 5.20. The van der Waals surface area contributed by atoms with Gasteiger partial charge in [0.25, 0.3) is 0 Å². The van der Waals surface area contributed by atoms with E-state index in [2.05, 4.69) is 15.3 Å². The molecule has 0 saturated carbocycles. The number of halogens is 3. The van der Waals surface area contributed by atoms with E-state index in [1.165, 1.54) is 25.1 Å². The summed E-state index contributed by atoms with van der Waals surface area (Å²) in [5.41, 5.74) is -0.226. The Morgan fingerprint density at radius 1 is 1.11 bits per heavy atom. The summed E-state index contributed by atoms with van der Waals surface area (Å²) in [6, 6.07) is 7.00. The van der Waals surface area contributed by atoms with Crippen LogP contribution in [0, 0.1) is 6.92 Å².